The third-order valence-electron chi connectivity index (χ3n) is 2.75. The van der Waals surface area contributed by atoms with E-state index in [4.69, 9.17) is 0 Å². The van der Waals surface area contributed by atoms with E-state index < -0.39 is 10.0 Å². The summed E-state index contributed by atoms with van der Waals surface area (Å²) in [4.78, 5) is 6.98. The Kier molecular flexibility index (Phi) is 2.83. The molecule has 20 heavy (non-hydrogen) atoms. The number of anilines is 1. The Morgan fingerprint density at radius 2 is 1.90 bits per heavy atom. The molecule has 0 aliphatic carbocycles. The number of hydrogen-bond acceptors (Lipinski definition) is 4. The number of fused-ring (bicyclic) bond motifs is 1. The molecule has 3 rings (SSSR count). The van der Waals surface area contributed by atoms with Gasteiger partial charge in [-0.3, -0.25) is 0 Å². The van der Waals surface area contributed by atoms with Crippen molar-refractivity contribution < 1.29 is 13.5 Å². The first-order valence-electron chi connectivity index (χ1n) is 5.81. The summed E-state index contributed by atoms with van der Waals surface area (Å²) in [5, 5.41) is 9.34. The quantitative estimate of drug-likeness (QED) is 0.688. The predicted molar refractivity (Wildman–Crippen MR) is 75.0 cm³/mol. The average Bonchev–Trinajstić information content (AvgIpc) is 2.80. The van der Waals surface area contributed by atoms with Gasteiger partial charge < -0.3 is 10.1 Å². The number of phenolic OH excluding ortho intramolecular Hbond substituents is 1. The van der Waals surface area contributed by atoms with E-state index >= 15 is 0 Å². The first kappa shape index (κ1) is 12.5. The second-order valence-corrected chi connectivity index (χ2v) is 5.89. The molecule has 0 bridgehead atoms. The number of nitrogens with zero attached hydrogens (tertiary/aromatic N) is 1. The molecule has 0 radical (unpaired) electrons. The normalized spacial score (nSPS) is 11.6. The Bertz CT molecular complexity index is 838. The smallest absolute Gasteiger partial charge is 0.264 e. The zero-order valence-electron chi connectivity index (χ0n) is 10.2. The van der Waals surface area contributed by atoms with Crippen LogP contribution in [0, 0.1) is 0 Å². The van der Waals surface area contributed by atoms with Crippen molar-refractivity contribution in [2.24, 2.45) is 0 Å². The predicted octanol–water partition coefficient (Wildman–Crippen LogP) is 2.07. The number of rotatable bonds is 3. The average molecular weight is 289 g/mol. The summed E-state index contributed by atoms with van der Waals surface area (Å²) in [6.45, 7) is 0. The Labute approximate surface area is 115 Å². The van der Waals surface area contributed by atoms with Crippen LogP contribution in [0.5, 0.6) is 5.75 Å². The van der Waals surface area contributed by atoms with Crippen molar-refractivity contribution in [3.05, 3.63) is 48.5 Å². The Balaban J connectivity index is 1.97. The number of hydrogen-bond donors (Lipinski definition) is 3. The Hall–Kier alpha value is -2.54. The molecule has 6 nitrogen and oxygen atoms in total. The van der Waals surface area contributed by atoms with Crippen molar-refractivity contribution in [1.29, 1.82) is 0 Å². The highest BCUT2D eigenvalue weighted by Crippen LogP contribution is 2.20. The minimum atomic E-state index is -3.79. The maximum absolute atomic E-state index is 12.1. The second-order valence-electron chi connectivity index (χ2n) is 4.21. The number of imidazole rings is 1. The van der Waals surface area contributed by atoms with Gasteiger partial charge in [0, 0.05) is 6.07 Å². The van der Waals surface area contributed by atoms with E-state index in [1.807, 2.05) is 12.1 Å². The summed E-state index contributed by atoms with van der Waals surface area (Å²) >= 11 is 0. The molecular formula is C13H11N3O3S. The molecule has 0 unspecified atom stereocenters. The highest BCUT2D eigenvalue weighted by molar-refractivity contribution is 7.92. The van der Waals surface area contributed by atoms with Gasteiger partial charge in [-0.1, -0.05) is 18.2 Å². The van der Waals surface area contributed by atoms with Crippen LogP contribution in [0.2, 0.25) is 0 Å². The Morgan fingerprint density at radius 1 is 1.10 bits per heavy atom. The fraction of sp³-hybridized carbons (Fsp3) is 0. The van der Waals surface area contributed by atoms with Gasteiger partial charge >= 0.3 is 0 Å². The van der Waals surface area contributed by atoms with E-state index in [0.29, 0.717) is 5.52 Å². The number of aromatic amines is 1. The topological polar surface area (TPSA) is 95.1 Å². The third-order valence-corrected chi connectivity index (χ3v) is 4.08. The largest absolute Gasteiger partial charge is 0.508 e. The number of nitrogens with one attached hydrogen (secondary N) is 2. The zero-order chi connectivity index (χ0) is 14.2. The molecule has 0 spiro atoms. The first-order chi connectivity index (χ1) is 9.54. The molecule has 0 amide bonds. The van der Waals surface area contributed by atoms with Crippen LogP contribution in [0.3, 0.4) is 0 Å². The van der Waals surface area contributed by atoms with Gasteiger partial charge in [0.25, 0.3) is 10.0 Å². The molecule has 1 heterocycles. The standard InChI is InChI=1S/C13H11N3O3S/c17-9-4-3-5-10(8-9)20(18,19)16-13-14-11-6-1-2-7-12(11)15-13/h1-8,17H,(H2,14,15,16). The van der Waals surface area contributed by atoms with Crippen LogP contribution >= 0.6 is 0 Å². The highest BCUT2D eigenvalue weighted by atomic mass is 32.2. The molecule has 0 saturated heterocycles. The lowest BCUT2D eigenvalue weighted by Crippen LogP contribution is -2.13. The lowest BCUT2D eigenvalue weighted by atomic mass is 10.3. The van der Waals surface area contributed by atoms with Crippen molar-refractivity contribution in [2.75, 3.05) is 4.72 Å². The van der Waals surface area contributed by atoms with Crippen LogP contribution in [0.1, 0.15) is 0 Å². The first-order valence-corrected chi connectivity index (χ1v) is 7.29. The maximum Gasteiger partial charge on any atom is 0.264 e. The summed E-state index contributed by atoms with van der Waals surface area (Å²) in [7, 11) is -3.79. The van der Waals surface area contributed by atoms with E-state index in [1.165, 1.54) is 24.3 Å². The van der Waals surface area contributed by atoms with Crippen molar-refractivity contribution in [3.8, 4) is 5.75 Å². The van der Waals surface area contributed by atoms with E-state index in [2.05, 4.69) is 14.7 Å². The maximum atomic E-state index is 12.1. The number of H-pyrrole nitrogens is 1. The summed E-state index contributed by atoms with van der Waals surface area (Å²) < 4.78 is 26.6. The van der Waals surface area contributed by atoms with Crippen molar-refractivity contribution in [3.63, 3.8) is 0 Å². The summed E-state index contributed by atoms with van der Waals surface area (Å²) in [6.07, 6.45) is 0. The summed E-state index contributed by atoms with van der Waals surface area (Å²) in [5.41, 5.74) is 1.40. The molecule has 0 atom stereocenters. The van der Waals surface area contributed by atoms with E-state index in [-0.39, 0.29) is 16.6 Å². The van der Waals surface area contributed by atoms with Gasteiger partial charge in [-0.05, 0) is 24.3 Å². The lowest BCUT2D eigenvalue weighted by Gasteiger charge is -2.05. The van der Waals surface area contributed by atoms with E-state index in [9.17, 15) is 13.5 Å². The number of sulfonamides is 1. The second kappa shape index (κ2) is 4.53. The van der Waals surface area contributed by atoms with Crippen LogP contribution in [-0.4, -0.2) is 23.5 Å². The minimum absolute atomic E-state index is 0.0297. The SMILES string of the molecule is O=S(=O)(Nc1nc2ccccc2[nH]1)c1cccc(O)c1. The number of aromatic nitrogens is 2. The van der Waals surface area contributed by atoms with Gasteiger partial charge in [0.1, 0.15) is 5.75 Å². The summed E-state index contributed by atoms with van der Waals surface area (Å²) in [5.74, 6) is 0.0204. The van der Waals surface area contributed by atoms with Crippen LogP contribution in [0.15, 0.2) is 53.4 Å². The molecule has 3 aromatic rings. The fourth-order valence-corrected chi connectivity index (χ4v) is 2.84. The van der Waals surface area contributed by atoms with Crippen LogP contribution in [0.4, 0.5) is 5.95 Å². The summed E-state index contributed by atoms with van der Waals surface area (Å²) in [6, 6.07) is 12.6. The van der Waals surface area contributed by atoms with Gasteiger partial charge in [-0.15, -0.1) is 0 Å². The molecule has 0 fully saturated rings. The molecule has 2 aromatic carbocycles. The number of para-hydroxylation sites is 2. The highest BCUT2D eigenvalue weighted by Gasteiger charge is 2.16. The van der Waals surface area contributed by atoms with Gasteiger partial charge in [-0.25, -0.2) is 18.1 Å². The molecule has 102 valence electrons. The fourth-order valence-electron chi connectivity index (χ4n) is 1.84. The minimum Gasteiger partial charge on any atom is -0.508 e. The molecule has 0 saturated carbocycles. The molecule has 0 aliphatic heterocycles. The molecule has 0 aliphatic rings. The van der Waals surface area contributed by atoms with Gasteiger partial charge in [-0.2, -0.15) is 0 Å². The third kappa shape index (κ3) is 2.30. The molecule has 3 N–H and O–H groups in total. The molecule has 7 heteroatoms. The van der Waals surface area contributed by atoms with Crippen LogP contribution in [0.25, 0.3) is 11.0 Å². The van der Waals surface area contributed by atoms with Crippen molar-refractivity contribution >= 4 is 27.0 Å². The van der Waals surface area contributed by atoms with Gasteiger partial charge in [0.05, 0.1) is 15.9 Å². The zero-order valence-corrected chi connectivity index (χ0v) is 11.1. The van der Waals surface area contributed by atoms with E-state index in [0.717, 1.165) is 5.52 Å². The van der Waals surface area contributed by atoms with E-state index in [1.54, 1.807) is 12.1 Å². The molecule has 1 aromatic heterocycles. The van der Waals surface area contributed by atoms with Crippen LogP contribution in [-0.2, 0) is 10.0 Å². The lowest BCUT2D eigenvalue weighted by molar-refractivity contribution is 0.473. The number of benzene rings is 2. The monoisotopic (exact) mass is 289 g/mol. The number of phenols is 1. The van der Waals surface area contributed by atoms with Crippen LogP contribution < -0.4 is 4.72 Å². The van der Waals surface area contributed by atoms with Crippen molar-refractivity contribution in [1.82, 2.24) is 9.97 Å². The number of aromatic hydroxyl groups is 1. The van der Waals surface area contributed by atoms with Gasteiger partial charge in [0.15, 0.2) is 0 Å². The Morgan fingerprint density at radius 3 is 2.65 bits per heavy atom. The van der Waals surface area contributed by atoms with Gasteiger partial charge in [0.2, 0.25) is 5.95 Å². The molecular weight excluding hydrogens is 278 g/mol. The van der Waals surface area contributed by atoms with Crippen molar-refractivity contribution in [2.45, 2.75) is 4.90 Å².